The molecule has 0 aliphatic heterocycles. The number of hydrogen-bond donors (Lipinski definition) is 7. The van der Waals surface area contributed by atoms with Crippen molar-refractivity contribution >= 4 is 24.9 Å². The fourth-order valence-corrected chi connectivity index (χ4v) is 3.40. The molecule has 26 heavy (non-hydrogen) atoms. The molecular weight excluding hydrogens is 343 g/mol. The summed E-state index contributed by atoms with van der Waals surface area (Å²) in [7, 11) is -1.43. The van der Waals surface area contributed by atoms with E-state index in [1.165, 1.54) is 0 Å². The maximum absolute atomic E-state index is 12.0. The molecule has 1 aliphatic rings. The second-order valence-electron chi connectivity index (χ2n) is 7.10. The van der Waals surface area contributed by atoms with Gasteiger partial charge in [-0.3, -0.25) is 14.4 Å². The van der Waals surface area contributed by atoms with Crippen molar-refractivity contribution in [1.82, 2.24) is 5.32 Å². The standard InChI is InChI=1S/C15H29BN4O6/c17-11(3-4-12(18)21)13(22)20-8-10-2-1-9(5-6-16(25)26)7-15(10,19)14(23)24/h9-11,25-26H,1-8,17,19H2,(H2,18,21)(H,20,22)(H,23,24)/t9-,10-,11-,15+/m0/s1. The van der Waals surface area contributed by atoms with E-state index in [9.17, 15) is 19.5 Å². The quantitative estimate of drug-likeness (QED) is 0.208. The van der Waals surface area contributed by atoms with Crippen molar-refractivity contribution in [1.29, 1.82) is 0 Å². The van der Waals surface area contributed by atoms with Crippen LogP contribution in [0.25, 0.3) is 0 Å². The topological polar surface area (TPSA) is 202 Å². The van der Waals surface area contributed by atoms with Crippen LogP contribution in [0.5, 0.6) is 0 Å². The van der Waals surface area contributed by atoms with Crippen LogP contribution in [0.1, 0.15) is 38.5 Å². The van der Waals surface area contributed by atoms with Crippen molar-refractivity contribution < 1.29 is 29.5 Å². The van der Waals surface area contributed by atoms with Crippen molar-refractivity contribution in [3.63, 3.8) is 0 Å². The number of nitrogens with one attached hydrogen (secondary N) is 1. The van der Waals surface area contributed by atoms with Crippen molar-refractivity contribution in [3.8, 4) is 0 Å². The Bertz CT molecular complexity index is 520. The summed E-state index contributed by atoms with van der Waals surface area (Å²) in [6.07, 6.45) is 2.12. The normalized spacial score (nSPS) is 26.8. The lowest BCUT2D eigenvalue weighted by molar-refractivity contribution is -0.148. The number of rotatable bonds is 10. The van der Waals surface area contributed by atoms with Gasteiger partial charge in [0.25, 0.3) is 0 Å². The molecule has 2 amide bonds. The van der Waals surface area contributed by atoms with E-state index in [1.54, 1.807) is 0 Å². The second kappa shape index (κ2) is 9.86. The molecule has 4 atom stereocenters. The van der Waals surface area contributed by atoms with E-state index in [4.69, 9.17) is 27.2 Å². The summed E-state index contributed by atoms with van der Waals surface area (Å²) in [6.45, 7) is 0.0707. The highest BCUT2D eigenvalue weighted by molar-refractivity contribution is 6.40. The molecule has 0 aromatic heterocycles. The predicted octanol–water partition coefficient (Wildman–Crippen LogP) is -2.24. The van der Waals surface area contributed by atoms with Gasteiger partial charge >= 0.3 is 13.1 Å². The highest BCUT2D eigenvalue weighted by atomic mass is 16.4. The summed E-state index contributed by atoms with van der Waals surface area (Å²) in [4.78, 5) is 34.4. The van der Waals surface area contributed by atoms with Crippen LogP contribution >= 0.6 is 0 Å². The van der Waals surface area contributed by atoms with Crippen LogP contribution in [-0.4, -0.2) is 58.2 Å². The van der Waals surface area contributed by atoms with Gasteiger partial charge in [-0.15, -0.1) is 0 Å². The maximum atomic E-state index is 12.0. The number of carbonyl (C=O) groups is 3. The van der Waals surface area contributed by atoms with E-state index in [0.29, 0.717) is 19.3 Å². The summed E-state index contributed by atoms with van der Waals surface area (Å²) >= 11 is 0. The predicted molar refractivity (Wildman–Crippen MR) is 94.4 cm³/mol. The second-order valence-corrected chi connectivity index (χ2v) is 7.10. The van der Waals surface area contributed by atoms with Gasteiger partial charge in [-0.2, -0.15) is 0 Å². The van der Waals surface area contributed by atoms with Crippen molar-refractivity contribution in [2.45, 2.75) is 56.4 Å². The molecule has 0 aromatic rings. The molecule has 0 radical (unpaired) electrons. The highest BCUT2D eigenvalue weighted by Crippen LogP contribution is 2.38. The zero-order valence-electron chi connectivity index (χ0n) is 14.8. The Morgan fingerprint density at radius 3 is 2.46 bits per heavy atom. The largest absolute Gasteiger partial charge is 0.480 e. The molecule has 1 aliphatic carbocycles. The highest BCUT2D eigenvalue weighted by Gasteiger charge is 2.47. The lowest BCUT2D eigenvalue weighted by Crippen LogP contribution is -2.60. The third-order valence-corrected chi connectivity index (χ3v) is 5.07. The zero-order chi connectivity index (χ0) is 19.9. The Kier molecular flexibility index (Phi) is 8.48. The summed E-state index contributed by atoms with van der Waals surface area (Å²) in [5, 5.41) is 30.1. The number of carboxylic acids is 1. The van der Waals surface area contributed by atoms with E-state index in [0.717, 1.165) is 0 Å². The van der Waals surface area contributed by atoms with E-state index in [-0.39, 0.29) is 38.0 Å². The average molecular weight is 372 g/mol. The zero-order valence-corrected chi connectivity index (χ0v) is 14.8. The Balaban J connectivity index is 2.61. The van der Waals surface area contributed by atoms with E-state index < -0.39 is 42.4 Å². The van der Waals surface area contributed by atoms with Gasteiger partial charge in [0.1, 0.15) is 5.54 Å². The average Bonchev–Trinajstić information content (AvgIpc) is 2.56. The molecule has 0 spiro atoms. The third kappa shape index (κ3) is 6.56. The van der Waals surface area contributed by atoms with Crippen LogP contribution in [0.3, 0.4) is 0 Å². The van der Waals surface area contributed by atoms with Crippen LogP contribution in [0, 0.1) is 11.8 Å². The minimum atomic E-state index is -1.51. The molecule has 0 saturated heterocycles. The summed E-state index contributed by atoms with van der Waals surface area (Å²) in [5.74, 6) is -2.68. The molecule has 0 heterocycles. The number of primary amides is 1. The van der Waals surface area contributed by atoms with Gasteiger partial charge in [0, 0.05) is 18.9 Å². The molecule has 11 heteroatoms. The first-order chi connectivity index (χ1) is 12.1. The molecule has 1 rings (SSSR count). The molecular formula is C15H29BN4O6. The number of carboxylic acid groups (broad SMARTS) is 1. The van der Waals surface area contributed by atoms with Crippen molar-refractivity contribution in [2.75, 3.05) is 6.54 Å². The third-order valence-electron chi connectivity index (χ3n) is 5.07. The number of amides is 2. The summed E-state index contributed by atoms with van der Waals surface area (Å²) in [5.41, 5.74) is 15.3. The van der Waals surface area contributed by atoms with Gasteiger partial charge in [-0.25, -0.2) is 0 Å². The molecule has 1 saturated carbocycles. The van der Waals surface area contributed by atoms with Gasteiger partial charge in [-0.05, 0) is 37.9 Å². The fourth-order valence-electron chi connectivity index (χ4n) is 3.40. The van der Waals surface area contributed by atoms with Crippen LogP contribution in [-0.2, 0) is 14.4 Å². The van der Waals surface area contributed by atoms with Gasteiger partial charge in [0.15, 0.2) is 0 Å². The van der Waals surface area contributed by atoms with Crippen LogP contribution in [0.4, 0.5) is 0 Å². The molecule has 10 nitrogen and oxygen atoms in total. The van der Waals surface area contributed by atoms with Crippen LogP contribution in [0.2, 0.25) is 6.32 Å². The molecule has 1 fully saturated rings. The van der Waals surface area contributed by atoms with Crippen molar-refractivity contribution in [3.05, 3.63) is 0 Å². The summed E-state index contributed by atoms with van der Waals surface area (Å²) < 4.78 is 0. The first-order valence-electron chi connectivity index (χ1n) is 8.76. The monoisotopic (exact) mass is 372 g/mol. The Morgan fingerprint density at radius 2 is 1.92 bits per heavy atom. The smallest absolute Gasteiger partial charge is 0.451 e. The van der Waals surface area contributed by atoms with Crippen LogP contribution < -0.4 is 22.5 Å². The Labute approximate surface area is 152 Å². The number of carbonyl (C=O) groups excluding carboxylic acids is 2. The Hall–Kier alpha value is -1.69. The van der Waals surface area contributed by atoms with E-state index >= 15 is 0 Å². The number of aliphatic carboxylic acids is 1. The molecule has 0 aromatic carbocycles. The minimum Gasteiger partial charge on any atom is -0.480 e. The fraction of sp³-hybridized carbons (Fsp3) is 0.800. The Morgan fingerprint density at radius 1 is 1.27 bits per heavy atom. The van der Waals surface area contributed by atoms with E-state index in [1.807, 2.05) is 0 Å². The minimum absolute atomic E-state index is 0.00758. The van der Waals surface area contributed by atoms with Crippen LogP contribution in [0.15, 0.2) is 0 Å². The lowest BCUT2D eigenvalue weighted by Gasteiger charge is -2.41. The molecule has 0 unspecified atom stereocenters. The first kappa shape index (κ1) is 22.4. The summed E-state index contributed by atoms with van der Waals surface area (Å²) in [6, 6.07) is -0.901. The molecule has 0 bridgehead atoms. The molecule has 10 N–H and O–H groups in total. The number of hydrogen-bond acceptors (Lipinski definition) is 7. The van der Waals surface area contributed by atoms with Gasteiger partial charge in [0.2, 0.25) is 11.8 Å². The van der Waals surface area contributed by atoms with E-state index in [2.05, 4.69) is 5.32 Å². The van der Waals surface area contributed by atoms with Crippen molar-refractivity contribution in [2.24, 2.45) is 29.0 Å². The maximum Gasteiger partial charge on any atom is 0.451 e. The first-order valence-corrected chi connectivity index (χ1v) is 8.76. The SMILES string of the molecule is NC(=O)CC[C@H](N)C(=O)NC[C@@H]1CC[C@@H](CCB(O)O)C[C@]1(N)C(=O)O. The lowest BCUT2D eigenvalue weighted by atomic mass is 9.66. The van der Waals surface area contributed by atoms with Gasteiger partial charge in [-0.1, -0.05) is 6.42 Å². The van der Waals surface area contributed by atoms with Gasteiger partial charge < -0.3 is 37.7 Å². The van der Waals surface area contributed by atoms with Gasteiger partial charge in [0.05, 0.1) is 6.04 Å². The molecule has 148 valence electrons. The number of nitrogens with two attached hydrogens (primary N) is 3.